The molecule has 1 atom stereocenters. The van der Waals surface area contributed by atoms with Crippen LogP contribution in [0.2, 0.25) is 0 Å². The van der Waals surface area contributed by atoms with Gasteiger partial charge in [-0.25, -0.2) is 14.3 Å². The van der Waals surface area contributed by atoms with Crippen LogP contribution < -0.4 is 15.0 Å². The first-order valence-electron chi connectivity index (χ1n) is 14.9. The van der Waals surface area contributed by atoms with Crippen molar-refractivity contribution in [1.82, 2.24) is 29.7 Å². The second-order valence-corrected chi connectivity index (χ2v) is 11.8. The maximum absolute atomic E-state index is 12.8. The molecule has 2 fully saturated rings. The fourth-order valence-corrected chi connectivity index (χ4v) is 6.02. The third-order valence-electron chi connectivity index (χ3n) is 8.40. The van der Waals surface area contributed by atoms with Crippen LogP contribution in [0.3, 0.4) is 0 Å². The molecule has 1 amide bonds. The van der Waals surface area contributed by atoms with Crippen molar-refractivity contribution < 1.29 is 14.3 Å². The molecule has 2 aliphatic heterocycles. The van der Waals surface area contributed by atoms with Crippen molar-refractivity contribution >= 4 is 17.4 Å². The average Bonchev–Trinajstić information content (AvgIpc) is 3.38. The number of piperidine rings is 1. The zero-order valence-corrected chi connectivity index (χ0v) is 25.3. The Kier molecular flexibility index (Phi) is 8.85. The van der Waals surface area contributed by atoms with Gasteiger partial charge in [-0.1, -0.05) is 0 Å². The van der Waals surface area contributed by atoms with Gasteiger partial charge in [-0.15, -0.1) is 0 Å². The Morgan fingerprint density at radius 3 is 2.64 bits per heavy atom. The third-order valence-corrected chi connectivity index (χ3v) is 8.40. The summed E-state index contributed by atoms with van der Waals surface area (Å²) < 4.78 is 12.9. The number of carbonyl (C=O) groups excluding carboxylic acids is 1. The summed E-state index contributed by atoms with van der Waals surface area (Å²) in [6, 6.07) is 8.72. The number of nitrogens with one attached hydrogen (secondary N) is 1. The highest BCUT2D eigenvalue weighted by Crippen LogP contribution is 2.33. The molecule has 0 bridgehead atoms. The monoisotopic (exact) mass is 574 g/mol. The van der Waals surface area contributed by atoms with E-state index in [-0.39, 0.29) is 17.7 Å². The Morgan fingerprint density at radius 2 is 2.00 bits per heavy atom. The number of nitrogens with zero attached hydrogens (tertiary/aromatic N) is 7. The van der Waals surface area contributed by atoms with E-state index in [1.807, 2.05) is 45.2 Å². The van der Waals surface area contributed by atoms with Crippen LogP contribution in [-0.4, -0.2) is 101 Å². The summed E-state index contributed by atoms with van der Waals surface area (Å²) >= 11 is 0. The van der Waals surface area contributed by atoms with Crippen molar-refractivity contribution in [3.8, 4) is 22.9 Å². The third kappa shape index (κ3) is 6.45. The van der Waals surface area contributed by atoms with Crippen LogP contribution >= 0.6 is 0 Å². The maximum atomic E-state index is 12.8. The number of hydrogen-bond acceptors (Lipinski definition) is 9. The summed E-state index contributed by atoms with van der Waals surface area (Å²) in [6.45, 7) is 13.8. The van der Waals surface area contributed by atoms with Gasteiger partial charge < -0.3 is 24.6 Å². The topological polar surface area (TPSA) is 111 Å². The van der Waals surface area contributed by atoms with Crippen molar-refractivity contribution in [3.63, 3.8) is 0 Å². The summed E-state index contributed by atoms with van der Waals surface area (Å²) in [7, 11) is 2.17. The number of alkyl carbamates (subject to hydrolysis) is 1. The van der Waals surface area contributed by atoms with E-state index >= 15 is 0 Å². The molecule has 1 unspecified atom stereocenters. The van der Waals surface area contributed by atoms with Gasteiger partial charge >= 0.3 is 6.09 Å². The number of nitriles is 1. The van der Waals surface area contributed by atoms with Gasteiger partial charge in [0.2, 0.25) is 0 Å². The first-order chi connectivity index (χ1) is 20.2. The largest absolute Gasteiger partial charge is 0.492 e. The van der Waals surface area contributed by atoms with E-state index in [0.29, 0.717) is 24.0 Å². The Bertz CT molecular complexity index is 1420. The van der Waals surface area contributed by atoms with E-state index in [9.17, 15) is 10.1 Å². The van der Waals surface area contributed by atoms with Crippen LogP contribution in [0.1, 0.15) is 46.1 Å². The van der Waals surface area contributed by atoms with Gasteiger partial charge in [-0.2, -0.15) is 10.4 Å². The molecular formula is C31H42N8O3. The smallest absolute Gasteiger partial charge is 0.407 e. The molecule has 11 nitrogen and oxygen atoms in total. The van der Waals surface area contributed by atoms with E-state index < -0.39 is 0 Å². The van der Waals surface area contributed by atoms with Crippen molar-refractivity contribution in [1.29, 1.82) is 5.26 Å². The first kappa shape index (κ1) is 29.6. The Morgan fingerprint density at radius 1 is 1.21 bits per heavy atom. The maximum Gasteiger partial charge on any atom is 0.407 e. The van der Waals surface area contributed by atoms with Gasteiger partial charge in [-0.05, 0) is 65.8 Å². The molecular weight excluding hydrogens is 532 g/mol. The number of hydrogen-bond donors (Lipinski definition) is 1. The summed E-state index contributed by atoms with van der Waals surface area (Å²) in [5, 5.41) is 17.3. The number of ether oxygens (including phenoxy) is 2. The molecule has 224 valence electrons. The van der Waals surface area contributed by atoms with Crippen LogP contribution in [0.4, 0.5) is 10.6 Å². The molecule has 3 aromatic heterocycles. The molecule has 3 aromatic rings. The molecule has 0 saturated carbocycles. The van der Waals surface area contributed by atoms with Gasteiger partial charge in [0.1, 0.15) is 17.6 Å². The first-order valence-corrected chi connectivity index (χ1v) is 14.9. The fraction of sp³-hybridized carbons (Fsp3) is 0.548. The molecule has 2 aliphatic rings. The highest BCUT2D eigenvalue weighted by Gasteiger charge is 2.39. The number of aromatic nitrogens is 3. The van der Waals surface area contributed by atoms with Gasteiger partial charge in [0.15, 0.2) is 0 Å². The molecule has 0 aromatic carbocycles. The van der Waals surface area contributed by atoms with E-state index in [0.717, 1.165) is 74.6 Å². The summed E-state index contributed by atoms with van der Waals surface area (Å²) in [4.78, 5) is 24.7. The number of piperazine rings is 1. The molecule has 2 saturated heterocycles. The number of pyridine rings is 2. The van der Waals surface area contributed by atoms with Crippen molar-refractivity contribution in [3.05, 3.63) is 42.4 Å². The molecule has 5 heterocycles. The van der Waals surface area contributed by atoms with Crippen molar-refractivity contribution in [2.75, 3.05) is 57.8 Å². The van der Waals surface area contributed by atoms with Crippen molar-refractivity contribution in [2.45, 2.75) is 58.2 Å². The van der Waals surface area contributed by atoms with E-state index in [1.54, 1.807) is 16.9 Å². The lowest BCUT2D eigenvalue weighted by atomic mass is 9.86. The predicted molar refractivity (Wildman–Crippen MR) is 162 cm³/mol. The predicted octanol–water partition coefficient (Wildman–Crippen LogP) is 3.78. The van der Waals surface area contributed by atoms with Gasteiger partial charge in [-0.3, -0.25) is 4.90 Å². The minimum Gasteiger partial charge on any atom is -0.492 e. The molecule has 11 heteroatoms. The van der Waals surface area contributed by atoms with E-state index in [1.165, 1.54) is 0 Å². The molecule has 0 radical (unpaired) electrons. The van der Waals surface area contributed by atoms with Crippen LogP contribution in [0.5, 0.6) is 5.75 Å². The second kappa shape index (κ2) is 12.5. The average molecular weight is 575 g/mol. The minimum atomic E-state index is -0.362. The van der Waals surface area contributed by atoms with Crippen LogP contribution in [0.15, 0.2) is 36.8 Å². The fourth-order valence-electron chi connectivity index (χ4n) is 6.02. The lowest BCUT2D eigenvalue weighted by Crippen LogP contribution is -2.63. The Balaban J connectivity index is 1.33. The zero-order valence-electron chi connectivity index (χ0n) is 25.3. The quantitative estimate of drug-likeness (QED) is 0.430. The molecule has 42 heavy (non-hydrogen) atoms. The minimum absolute atomic E-state index is 0.171. The lowest BCUT2D eigenvalue weighted by molar-refractivity contribution is 0.0597. The van der Waals surface area contributed by atoms with Gasteiger partial charge in [0, 0.05) is 62.6 Å². The molecule has 0 spiro atoms. The van der Waals surface area contributed by atoms with Crippen molar-refractivity contribution in [2.24, 2.45) is 0 Å². The number of rotatable bonds is 8. The number of amides is 1. The van der Waals surface area contributed by atoms with E-state index in [4.69, 9.17) is 14.5 Å². The zero-order chi connectivity index (χ0) is 29.9. The van der Waals surface area contributed by atoms with Crippen LogP contribution in [0.25, 0.3) is 16.6 Å². The standard InChI is InChI=1S/C31H42N8O3/c1-6-41-26-15-27(29-25(16-32)18-34-39(29)20-26)24-7-8-28(33-17-24)38-11-9-31(10-12-38,35-30(40)42-22(2)3)21-37-14-13-36(5)23(4)19-37/h7-8,15,17-18,20,22-23H,6,9-14,19,21H2,1-5H3,(H,35,40). The number of carbonyl (C=O) groups is 1. The number of fused-ring (bicyclic) bond motifs is 1. The molecule has 5 rings (SSSR count). The highest BCUT2D eigenvalue weighted by atomic mass is 16.6. The Labute approximate surface area is 248 Å². The Hall–Kier alpha value is -3.88. The van der Waals surface area contributed by atoms with Crippen LogP contribution in [-0.2, 0) is 4.74 Å². The molecule has 1 N–H and O–H groups in total. The number of likely N-dealkylation sites (N-methyl/N-ethyl adjacent to an activating group) is 1. The SMILES string of the molecule is CCOc1cc(-c2ccc(N3CCC(CN4CCN(C)C(C)C4)(NC(=O)OC(C)C)CC3)nc2)c2c(C#N)cnn2c1. The van der Waals surface area contributed by atoms with E-state index in [2.05, 4.69) is 45.2 Å². The second-order valence-electron chi connectivity index (χ2n) is 11.8. The lowest BCUT2D eigenvalue weighted by Gasteiger charge is -2.47. The summed E-state index contributed by atoms with van der Waals surface area (Å²) in [6.07, 6.45) is 6.28. The summed E-state index contributed by atoms with van der Waals surface area (Å²) in [5.74, 6) is 1.57. The highest BCUT2D eigenvalue weighted by molar-refractivity contribution is 5.85. The van der Waals surface area contributed by atoms with Crippen LogP contribution in [0, 0.1) is 11.3 Å². The van der Waals surface area contributed by atoms with Gasteiger partial charge in [0.05, 0.1) is 41.7 Å². The normalized spacial score (nSPS) is 19.5. The number of anilines is 1. The summed E-state index contributed by atoms with van der Waals surface area (Å²) in [5.41, 5.74) is 2.61. The molecule has 0 aliphatic carbocycles. The van der Waals surface area contributed by atoms with Gasteiger partial charge in [0.25, 0.3) is 0 Å².